The third kappa shape index (κ3) is 4.49. The number of nitrogens with zero attached hydrogens (tertiary/aromatic N) is 2. The predicted molar refractivity (Wildman–Crippen MR) is 133 cm³/mol. The fourth-order valence-corrected chi connectivity index (χ4v) is 5.62. The van der Waals surface area contributed by atoms with E-state index < -0.39 is 11.4 Å². The predicted octanol–water partition coefficient (Wildman–Crippen LogP) is 4.95. The highest BCUT2D eigenvalue weighted by Gasteiger charge is 2.35. The lowest BCUT2D eigenvalue weighted by atomic mass is 9.99. The molecule has 7 heteroatoms. The SMILES string of the molecule is CCN1CCC[C@H]1Cn1c(C)c(C(=O)N[C@H](c2cccc(F)c2)C2CC2)c2cccc(F)c2c1=O. The van der Waals surface area contributed by atoms with E-state index in [-0.39, 0.29) is 35.1 Å². The zero-order valence-corrected chi connectivity index (χ0v) is 20.2. The van der Waals surface area contributed by atoms with Gasteiger partial charge < -0.3 is 9.88 Å². The number of likely N-dealkylation sites (N-methyl/N-ethyl adjacent to an activating group) is 1. The van der Waals surface area contributed by atoms with E-state index in [9.17, 15) is 18.4 Å². The summed E-state index contributed by atoms with van der Waals surface area (Å²) in [5.74, 6) is -1.12. The van der Waals surface area contributed by atoms with Gasteiger partial charge in [0.2, 0.25) is 0 Å². The average Bonchev–Trinajstić information content (AvgIpc) is 3.57. The average molecular weight is 480 g/mol. The number of halogens is 2. The number of hydrogen-bond donors (Lipinski definition) is 1. The highest BCUT2D eigenvalue weighted by atomic mass is 19.1. The summed E-state index contributed by atoms with van der Waals surface area (Å²) in [6.45, 7) is 6.13. The van der Waals surface area contributed by atoms with Crippen LogP contribution >= 0.6 is 0 Å². The number of amides is 1. The van der Waals surface area contributed by atoms with Crippen LogP contribution in [0.3, 0.4) is 0 Å². The Morgan fingerprint density at radius 3 is 2.63 bits per heavy atom. The van der Waals surface area contributed by atoms with Crippen LogP contribution in [0.4, 0.5) is 8.78 Å². The standard InChI is InChI=1S/C28H31F2N3O2/c1-3-32-14-6-9-21(32)16-33-17(2)24(22-10-5-11-23(30)25(22)28(33)35)27(34)31-26(18-12-13-18)19-7-4-8-20(29)15-19/h4-5,7-8,10-11,15,18,21,26H,3,6,9,12-14,16H2,1-2H3,(H,31,34)/t21-,26-/m0/s1. The number of aromatic nitrogens is 1. The van der Waals surface area contributed by atoms with Crippen LogP contribution in [-0.4, -0.2) is 34.5 Å². The first kappa shape index (κ1) is 23.7. The van der Waals surface area contributed by atoms with Crippen LogP contribution in [0.1, 0.15) is 60.3 Å². The van der Waals surface area contributed by atoms with Gasteiger partial charge in [-0.3, -0.25) is 14.5 Å². The molecule has 1 saturated carbocycles. The monoisotopic (exact) mass is 479 g/mol. The first-order chi connectivity index (χ1) is 16.9. The molecule has 0 unspecified atom stereocenters. The number of likely N-dealkylation sites (tertiary alicyclic amines) is 1. The molecule has 3 aromatic rings. The molecular weight excluding hydrogens is 448 g/mol. The number of rotatable bonds is 7. The minimum atomic E-state index is -0.627. The van der Waals surface area contributed by atoms with Crippen molar-refractivity contribution in [2.24, 2.45) is 5.92 Å². The number of carbonyl (C=O) groups is 1. The number of nitrogens with one attached hydrogen (secondary N) is 1. The smallest absolute Gasteiger partial charge is 0.261 e. The molecule has 2 fully saturated rings. The van der Waals surface area contributed by atoms with Crippen molar-refractivity contribution in [1.29, 1.82) is 0 Å². The third-order valence-corrected chi connectivity index (χ3v) is 7.62. The summed E-state index contributed by atoms with van der Waals surface area (Å²) in [6, 6.07) is 10.5. The lowest BCUT2D eigenvalue weighted by Gasteiger charge is -2.26. The lowest BCUT2D eigenvalue weighted by molar-refractivity contribution is 0.0931. The number of carbonyl (C=O) groups excluding carboxylic acids is 1. The molecule has 184 valence electrons. The molecule has 5 nitrogen and oxygen atoms in total. The molecule has 5 rings (SSSR count). The van der Waals surface area contributed by atoms with E-state index in [4.69, 9.17) is 0 Å². The molecule has 0 bridgehead atoms. The maximum atomic E-state index is 15.0. The lowest BCUT2D eigenvalue weighted by Crippen LogP contribution is -2.38. The van der Waals surface area contributed by atoms with Crippen molar-refractivity contribution in [1.82, 2.24) is 14.8 Å². The second-order valence-electron chi connectivity index (χ2n) is 9.81. The van der Waals surface area contributed by atoms with Crippen molar-refractivity contribution in [2.45, 2.75) is 58.2 Å². The van der Waals surface area contributed by atoms with Crippen molar-refractivity contribution in [2.75, 3.05) is 13.1 Å². The van der Waals surface area contributed by atoms with E-state index in [1.807, 2.05) is 6.07 Å². The van der Waals surface area contributed by atoms with Crippen LogP contribution in [0.15, 0.2) is 47.3 Å². The largest absolute Gasteiger partial charge is 0.345 e. The van der Waals surface area contributed by atoms with Gasteiger partial charge in [-0.05, 0) is 75.4 Å². The van der Waals surface area contributed by atoms with Gasteiger partial charge in [-0.1, -0.05) is 31.2 Å². The molecule has 1 N–H and O–H groups in total. The molecule has 1 aromatic heterocycles. The van der Waals surface area contributed by atoms with Gasteiger partial charge in [-0.25, -0.2) is 8.78 Å². The van der Waals surface area contributed by atoms with Crippen LogP contribution in [-0.2, 0) is 6.54 Å². The number of pyridine rings is 1. The molecule has 2 aromatic carbocycles. The van der Waals surface area contributed by atoms with Crippen molar-refractivity contribution in [3.63, 3.8) is 0 Å². The summed E-state index contributed by atoms with van der Waals surface area (Å²) < 4.78 is 30.5. The Balaban J connectivity index is 1.59. The highest BCUT2D eigenvalue weighted by molar-refractivity contribution is 6.08. The summed E-state index contributed by atoms with van der Waals surface area (Å²) in [5, 5.41) is 3.35. The van der Waals surface area contributed by atoms with Gasteiger partial charge >= 0.3 is 0 Å². The molecule has 2 atom stereocenters. The van der Waals surface area contributed by atoms with Crippen LogP contribution < -0.4 is 10.9 Å². The van der Waals surface area contributed by atoms with Gasteiger partial charge in [0.15, 0.2) is 0 Å². The number of hydrogen-bond acceptors (Lipinski definition) is 3. The molecule has 0 radical (unpaired) electrons. The van der Waals surface area contributed by atoms with Gasteiger partial charge in [0.05, 0.1) is 17.0 Å². The van der Waals surface area contributed by atoms with Gasteiger partial charge in [0, 0.05) is 23.7 Å². The van der Waals surface area contributed by atoms with Crippen molar-refractivity contribution < 1.29 is 13.6 Å². The van der Waals surface area contributed by atoms with Crippen LogP contribution in [0.2, 0.25) is 0 Å². The zero-order valence-electron chi connectivity index (χ0n) is 20.2. The first-order valence-corrected chi connectivity index (χ1v) is 12.5. The second-order valence-corrected chi connectivity index (χ2v) is 9.81. The van der Waals surface area contributed by atoms with Crippen LogP contribution in [0, 0.1) is 24.5 Å². The Labute approximate surface area is 203 Å². The summed E-state index contributed by atoms with van der Waals surface area (Å²) in [6.07, 6.45) is 3.91. The van der Waals surface area contributed by atoms with E-state index in [2.05, 4.69) is 17.1 Å². The molecule has 0 spiro atoms. The van der Waals surface area contributed by atoms with Gasteiger partial charge in [0.25, 0.3) is 11.5 Å². The minimum absolute atomic E-state index is 0.0574. The quantitative estimate of drug-likeness (QED) is 0.522. The van der Waals surface area contributed by atoms with Crippen molar-refractivity contribution in [3.8, 4) is 0 Å². The molecule has 2 aliphatic rings. The summed E-state index contributed by atoms with van der Waals surface area (Å²) >= 11 is 0. The maximum absolute atomic E-state index is 15.0. The second kappa shape index (κ2) is 9.53. The highest BCUT2D eigenvalue weighted by Crippen LogP contribution is 2.41. The van der Waals surface area contributed by atoms with Crippen molar-refractivity contribution >= 4 is 16.7 Å². The third-order valence-electron chi connectivity index (χ3n) is 7.62. The van der Waals surface area contributed by atoms with E-state index in [1.165, 1.54) is 24.3 Å². The van der Waals surface area contributed by atoms with E-state index in [0.29, 0.717) is 28.8 Å². The maximum Gasteiger partial charge on any atom is 0.261 e. The Hall–Kier alpha value is -3.06. The molecule has 1 amide bonds. The summed E-state index contributed by atoms with van der Waals surface area (Å²) in [7, 11) is 0. The molecule has 35 heavy (non-hydrogen) atoms. The molecule has 2 heterocycles. The number of benzene rings is 2. The van der Waals surface area contributed by atoms with E-state index in [0.717, 1.165) is 38.8 Å². The van der Waals surface area contributed by atoms with Crippen LogP contribution in [0.25, 0.3) is 10.8 Å². The Morgan fingerprint density at radius 2 is 1.91 bits per heavy atom. The zero-order chi connectivity index (χ0) is 24.7. The van der Waals surface area contributed by atoms with Gasteiger partial charge in [-0.2, -0.15) is 0 Å². The summed E-state index contributed by atoms with van der Waals surface area (Å²) in [5.41, 5.74) is 1.15. The molecule has 1 aliphatic heterocycles. The first-order valence-electron chi connectivity index (χ1n) is 12.5. The Morgan fingerprint density at radius 1 is 1.14 bits per heavy atom. The molecule has 1 aliphatic carbocycles. The fourth-order valence-electron chi connectivity index (χ4n) is 5.62. The van der Waals surface area contributed by atoms with E-state index in [1.54, 1.807) is 23.6 Å². The minimum Gasteiger partial charge on any atom is -0.345 e. The Kier molecular flexibility index (Phi) is 6.45. The van der Waals surface area contributed by atoms with Crippen LogP contribution in [0.5, 0.6) is 0 Å². The fraction of sp³-hybridized carbons (Fsp3) is 0.429. The van der Waals surface area contributed by atoms with E-state index >= 15 is 0 Å². The summed E-state index contributed by atoms with van der Waals surface area (Å²) in [4.78, 5) is 29.5. The molecular formula is C28H31F2N3O2. The Bertz CT molecular complexity index is 1330. The normalized spacial score (nSPS) is 19.3. The topological polar surface area (TPSA) is 54.3 Å². The van der Waals surface area contributed by atoms with Crippen molar-refractivity contribution in [3.05, 3.63) is 81.3 Å². The van der Waals surface area contributed by atoms with Gasteiger partial charge in [0.1, 0.15) is 11.6 Å². The molecule has 1 saturated heterocycles. The number of fused-ring (bicyclic) bond motifs is 1. The van der Waals surface area contributed by atoms with Gasteiger partial charge in [-0.15, -0.1) is 0 Å².